The molecule has 1 fully saturated rings. The van der Waals surface area contributed by atoms with Crippen molar-refractivity contribution >= 4 is 224 Å². The molecule has 9 atom stereocenters. The van der Waals surface area contributed by atoms with Crippen molar-refractivity contribution in [2.75, 3.05) is 32.1 Å². The number of alkyl carbamates (subject to hydrolysis) is 3. The Bertz CT molecular complexity index is 3090. The summed E-state index contributed by atoms with van der Waals surface area (Å²) in [6.45, 7) is 44.0. The molecule has 132 heavy (non-hydrogen) atoms. The van der Waals surface area contributed by atoms with E-state index in [1.165, 1.54) is 41.5 Å². The number of aliphatic carboxylic acids is 5. The Labute approximate surface area is 882 Å². The van der Waals surface area contributed by atoms with E-state index < -0.39 is 144 Å². The van der Waals surface area contributed by atoms with E-state index in [0.29, 0.717) is 42.1 Å². The Kier molecular flexibility index (Phi) is 109. The van der Waals surface area contributed by atoms with E-state index >= 15 is 0 Å². The summed E-state index contributed by atoms with van der Waals surface area (Å²) in [5, 5.41) is 70.6. The van der Waals surface area contributed by atoms with Crippen molar-refractivity contribution in [2.24, 2.45) is 71.0 Å². The van der Waals surface area contributed by atoms with Gasteiger partial charge in [0.05, 0.1) is 35.5 Å². The minimum absolute atomic E-state index is 0. The van der Waals surface area contributed by atoms with Crippen LogP contribution in [0.5, 0.6) is 0 Å². The van der Waals surface area contributed by atoms with E-state index in [1.54, 1.807) is 95.6 Å². The number of nitrogens with zero attached hydrogens (tertiary/aromatic N) is 1. The molecule has 0 saturated carbocycles. The number of carboxylic acids is 5. The number of ether oxygens (including phenoxy) is 12. The SMILES string of the molecule is CC(=O)OO.CC(=O)[O-].CC(=O)[O-].CC(C)C(=O)O[C@@H](C)OC(=O)ON1C(=O)CCC1=O.CC(C)C[C@H](CNC(=O)O[C@H](C)OC(=O)C(C)C)CC(=O)O.CC(C)C[C@H](CNC(=O)O[C@H](C)OC(=O)C(C)C)CC(=O)[O-].CC(C)C[C@H](CNC(=O)O[C@H](C)OC(=O)C(C)C)CC(=O)[O-].CSC(=O)OC(C)OC(=O)C(C)C.CSC(=O)O[C@H](C)OC(=O)C(C)C.O=CO[O-].[Ca+2].[Ca+2].[Na+].[Na+]. The van der Waals surface area contributed by atoms with Crippen LogP contribution >= 0.6 is 23.5 Å². The zero-order valence-electron chi connectivity index (χ0n) is 81.6. The number of hydrogen-bond donors (Lipinski definition) is 5. The Morgan fingerprint density at radius 3 is 0.750 bits per heavy atom. The number of carbonyl (C=O) groups is 21. The van der Waals surface area contributed by atoms with Crippen LogP contribution in [0.25, 0.3) is 0 Å². The van der Waals surface area contributed by atoms with Crippen LogP contribution in [0, 0.1) is 71.0 Å². The molecule has 0 radical (unpaired) electrons. The van der Waals surface area contributed by atoms with Gasteiger partial charge < -0.3 is 133 Å². The van der Waals surface area contributed by atoms with Gasteiger partial charge in [0.2, 0.25) is 37.7 Å². The maximum Gasteiger partial charge on any atom is 2.00 e. The summed E-state index contributed by atoms with van der Waals surface area (Å²) < 4.78 is 57.6. The molecule has 1 aliphatic heterocycles. The topological polar surface area (TPSA) is 692 Å². The summed E-state index contributed by atoms with van der Waals surface area (Å²) in [5.74, 6) is -11.4. The monoisotopic (exact) mass is 2020 g/mol. The van der Waals surface area contributed by atoms with Crippen molar-refractivity contribution < 1.29 is 267 Å². The van der Waals surface area contributed by atoms with Crippen LogP contribution in [0.3, 0.4) is 0 Å². The predicted octanol–water partition coefficient (Wildman–Crippen LogP) is -1.46. The average Bonchev–Trinajstić information content (AvgIpc) is 1.73. The third kappa shape index (κ3) is 112. The minimum atomic E-state index is -1.28. The summed E-state index contributed by atoms with van der Waals surface area (Å²) >= 11 is 1.87. The van der Waals surface area contributed by atoms with Crippen LogP contribution in [0.1, 0.15) is 238 Å². The third-order valence-electron chi connectivity index (χ3n) is 13.2. The molecule has 0 aromatic heterocycles. The number of carboxylic acid groups (broad SMARTS) is 5. The van der Waals surface area contributed by atoms with Gasteiger partial charge in [-0.15, -0.1) is 0 Å². The van der Waals surface area contributed by atoms with Gasteiger partial charge in [0.1, 0.15) is 0 Å². The van der Waals surface area contributed by atoms with Gasteiger partial charge in [-0.1, -0.05) is 130 Å². The Balaban J connectivity index is -0.000000113. The predicted molar refractivity (Wildman–Crippen MR) is 449 cm³/mol. The van der Waals surface area contributed by atoms with Crippen molar-refractivity contribution in [3.63, 3.8) is 0 Å². The Morgan fingerprint density at radius 1 is 0.386 bits per heavy atom. The van der Waals surface area contributed by atoms with E-state index in [1.807, 2.05) is 41.5 Å². The molecule has 47 nitrogen and oxygen atoms in total. The smallest absolute Gasteiger partial charge is 0.662 e. The van der Waals surface area contributed by atoms with Gasteiger partial charge in [0, 0.05) is 111 Å². The van der Waals surface area contributed by atoms with Gasteiger partial charge in [-0.3, -0.25) is 52.8 Å². The number of imide groups is 1. The molecular formula is C79H133Ca2N4Na2O43S2+. The van der Waals surface area contributed by atoms with Crippen LogP contribution in [0.4, 0.5) is 28.8 Å². The molecule has 0 bridgehead atoms. The number of hydrogen-bond acceptors (Lipinski definition) is 44. The number of carbonyl (C=O) groups excluding carboxylic acids is 20. The largest absolute Gasteiger partial charge is 2.00 e. The average molecular weight is 2020 g/mol. The fraction of sp³-hybridized carbons (Fsp3) is 0.734. The maximum absolute atomic E-state index is 11.6. The van der Waals surface area contributed by atoms with E-state index in [4.69, 9.17) is 92.3 Å². The maximum atomic E-state index is 11.6. The molecule has 53 heteroatoms. The number of nitrogens with one attached hydrogen (secondary N) is 3. The molecule has 5 amide bonds. The van der Waals surface area contributed by atoms with E-state index in [2.05, 4.69) is 35.3 Å². The van der Waals surface area contributed by atoms with Crippen LogP contribution in [-0.2, 0) is 143 Å². The Morgan fingerprint density at radius 2 is 0.583 bits per heavy atom. The molecule has 5 N–H and O–H groups in total. The first-order chi connectivity index (χ1) is 58.7. The molecule has 1 aliphatic rings. The van der Waals surface area contributed by atoms with Crippen molar-refractivity contribution in [1.82, 2.24) is 21.0 Å². The van der Waals surface area contributed by atoms with Crippen LogP contribution < -0.4 is 101 Å². The molecule has 1 saturated heterocycles. The molecular weight excluding hydrogens is 1880 g/mol. The fourth-order valence-corrected chi connectivity index (χ4v) is 8.36. The number of rotatable bonds is 38. The zero-order chi connectivity index (χ0) is 102. The molecule has 1 rings (SSSR count). The number of esters is 6. The van der Waals surface area contributed by atoms with Gasteiger partial charge in [-0.2, -0.15) is 5.26 Å². The second-order valence-electron chi connectivity index (χ2n) is 29.5. The molecule has 0 aliphatic carbocycles. The van der Waals surface area contributed by atoms with Crippen molar-refractivity contribution in [2.45, 2.75) is 276 Å². The summed E-state index contributed by atoms with van der Waals surface area (Å²) in [7, 11) is 0. The van der Waals surface area contributed by atoms with Gasteiger partial charge >= 0.3 is 217 Å². The van der Waals surface area contributed by atoms with Crippen molar-refractivity contribution in [3.8, 4) is 0 Å². The first kappa shape index (κ1) is 154. The van der Waals surface area contributed by atoms with Crippen LogP contribution in [0.2, 0.25) is 0 Å². The second kappa shape index (κ2) is 93.4. The van der Waals surface area contributed by atoms with E-state index in [9.17, 15) is 96.5 Å². The number of thioether (sulfide) groups is 2. The number of amides is 5. The number of hydroxylamine groups is 2. The zero-order valence-corrected chi connectivity index (χ0v) is 91.6. The van der Waals surface area contributed by atoms with Crippen molar-refractivity contribution in [3.05, 3.63) is 0 Å². The van der Waals surface area contributed by atoms with Gasteiger partial charge in [-0.25, -0.2) is 33.6 Å². The van der Waals surface area contributed by atoms with Gasteiger partial charge in [-0.05, 0) is 117 Å². The summed E-state index contributed by atoms with van der Waals surface area (Å²) in [4.78, 5) is 235. The molecule has 1 heterocycles. The summed E-state index contributed by atoms with van der Waals surface area (Å²) in [6, 6.07) is 0. The molecule has 0 aromatic rings. The van der Waals surface area contributed by atoms with Gasteiger partial charge in [0.25, 0.3) is 18.3 Å². The van der Waals surface area contributed by atoms with Gasteiger partial charge in [0.15, 0.2) is 0 Å². The molecule has 0 spiro atoms. The molecule has 0 aromatic carbocycles. The van der Waals surface area contributed by atoms with Crippen molar-refractivity contribution in [1.29, 1.82) is 0 Å². The van der Waals surface area contributed by atoms with Crippen LogP contribution in [0.15, 0.2) is 0 Å². The minimum Gasteiger partial charge on any atom is -0.662 e. The summed E-state index contributed by atoms with van der Waals surface area (Å²) in [5.41, 5.74) is 0. The Hall–Kier alpha value is -6.59. The quantitative estimate of drug-likeness (QED) is 0.00689. The third-order valence-corrected chi connectivity index (χ3v) is 14.1. The fourth-order valence-electron chi connectivity index (χ4n) is 7.89. The van der Waals surface area contributed by atoms with Crippen LogP contribution in [-0.4, -0.2) is 286 Å². The molecule has 1 unspecified atom stereocenters. The standard InChI is InChI=1S/3C15H27NO6.C11H15NO7.2C8H14O4S.C2H4O3.2C2H4O2.CH2O3.2Ca.2Na/c3*1-9(2)6-12(7-13(17)18)8-16-15(20)22-11(5)21-14(19)10(3)4;1-6(2)10(15)17-7(3)18-11(16)19-12-8(13)4-5-9(12)14;2*1-5(2)7(9)11-6(3)12-8(10)13-4;1-2(3)5-4;2*1-2(3)4;2-1-4-3;;;;/h3*9-12H,6-8H2,1-5H3,(H,16,20)(H,17,18);6-7H,4-5H2,1-3H3;2*5-6H,1-4H3;4H,1H3;2*1H3,(H,3,4);1,3H;;;;/q;;;;;;;;;;2*+2;2*+1/p-5/t3*11-,12+;7-;6-;;;;;;;;;/m11111........./s1. The molecule has 744 valence electrons. The second-order valence-corrected chi connectivity index (χ2v) is 31.0. The first-order valence-electron chi connectivity index (χ1n) is 39.5. The first-order valence-corrected chi connectivity index (χ1v) is 42.0. The normalized spacial score (nSPS) is 12.4. The van der Waals surface area contributed by atoms with E-state index in [-0.39, 0.29) is 258 Å². The summed E-state index contributed by atoms with van der Waals surface area (Å²) in [6.07, 6.45) is -4.43. The van der Waals surface area contributed by atoms with E-state index in [0.717, 1.165) is 44.3 Å².